The lowest BCUT2D eigenvalue weighted by Gasteiger charge is -2.20. The molecule has 0 saturated heterocycles. The molecule has 0 amide bonds. The Morgan fingerprint density at radius 3 is 2.45 bits per heavy atom. The van der Waals surface area contributed by atoms with E-state index in [0.29, 0.717) is 18.1 Å². The summed E-state index contributed by atoms with van der Waals surface area (Å²) in [5, 5.41) is 3.55. The molecule has 1 aromatic rings. The number of nitrogens with one attached hydrogen (secondary N) is 1. The Morgan fingerprint density at radius 1 is 1.15 bits per heavy atom. The van der Waals surface area contributed by atoms with Gasteiger partial charge in [0.15, 0.2) is 0 Å². The molecule has 0 heterocycles. The Kier molecular flexibility index (Phi) is 8.43. The summed E-state index contributed by atoms with van der Waals surface area (Å²) in [5.74, 6) is 0.606. The predicted octanol–water partition coefficient (Wildman–Crippen LogP) is 4.42. The van der Waals surface area contributed by atoms with Gasteiger partial charge >= 0.3 is 0 Å². The molecule has 20 heavy (non-hydrogen) atoms. The van der Waals surface area contributed by atoms with Crippen LogP contribution < -0.4 is 5.32 Å². The Balaban J connectivity index is 2.54. The number of ether oxygens (including phenoxy) is 1. The minimum atomic E-state index is 0.317. The predicted molar refractivity (Wildman–Crippen MR) is 90.2 cm³/mol. The van der Waals surface area contributed by atoms with Gasteiger partial charge in [0, 0.05) is 17.1 Å². The summed E-state index contributed by atoms with van der Waals surface area (Å²) >= 11 is 3.64. The highest BCUT2D eigenvalue weighted by Gasteiger charge is 2.12. The Morgan fingerprint density at radius 2 is 1.85 bits per heavy atom. The van der Waals surface area contributed by atoms with Crippen LogP contribution in [0.1, 0.15) is 39.7 Å². The van der Waals surface area contributed by atoms with Crippen molar-refractivity contribution in [2.75, 3.05) is 13.2 Å². The normalized spacial score (nSPS) is 13.2. The third-order valence-electron chi connectivity index (χ3n) is 3.26. The molecule has 0 aliphatic rings. The van der Waals surface area contributed by atoms with Gasteiger partial charge in [-0.15, -0.1) is 0 Å². The average molecular weight is 342 g/mol. The molecule has 0 aliphatic carbocycles. The zero-order valence-corrected chi connectivity index (χ0v) is 14.7. The fourth-order valence-corrected chi connectivity index (χ4v) is 2.57. The molecule has 0 bridgehead atoms. The van der Waals surface area contributed by atoms with Gasteiger partial charge in [0.2, 0.25) is 0 Å². The smallest absolute Gasteiger partial charge is 0.0518 e. The van der Waals surface area contributed by atoms with E-state index in [0.717, 1.165) is 26.0 Å². The van der Waals surface area contributed by atoms with Crippen LogP contribution in [-0.4, -0.2) is 25.3 Å². The van der Waals surface area contributed by atoms with Crippen LogP contribution >= 0.6 is 15.9 Å². The van der Waals surface area contributed by atoms with Gasteiger partial charge < -0.3 is 10.1 Å². The molecule has 2 nitrogen and oxygen atoms in total. The summed E-state index contributed by atoms with van der Waals surface area (Å²) in [4.78, 5) is 0. The zero-order valence-electron chi connectivity index (χ0n) is 13.2. The molecule has 1 unspecified atom stereocenters. The summed E-state index contributed by atoms with van der Waals surface area (Å²) in [5.41, 5.74) is 1.38. The van der Waals surface area contributed by atoms with Crippen molar-refractivity contribution in [2.45, 2.75) is 52.7 Å². The van der Waals surface area contributed by atoms with Crippen molar-refractivity contribution in [3.05, 3.63) is 34.3 Å². The maximum absolute atomic E-state index is 5.71. The third-order valence-corrected chi connectivity index (χ3v) is 4.03. The molecule has 0 spiro atoms. The first-order chi connectivity index (χ1) is 9.49. The van der Waals surface area contributed by atoms with Gasteiger partial charge in [-0.2, -0.15) is 0 Å². The molecule has 1 rings (SSSR count). The molecule has 114 valence electrons. The lowest BCUT2D eigenvalue weighted by molar-refractivity contribution is 0.0681. The highest BCUT2D eigenvalue weighted by atomic mass is 79.9. The lowest BCUT2D eigenvalue weighted by atomic mass is 9.96. The molecule has 0 radical (unpaired) electrons. The molecule has 3 heteroatoms. The fraction of sp³-hybridized carbons (Fsp3) is 0.647. The monoisotopic (exact) mass is 341 g/mol. The van der Waals surface area contributed by atoms with Gasteiger partial charge in [-0.05, 0) is 50.8 Å². The van der Waals surface area contributed by atoms with Crippen LogP contribution in [0.5, 0.6) is 0 Å². The minimum Gasteiger partial charge on any atom is -0.379 e. The Labute approximate surface area is 132 Å². The largest absolute Gasteiger partial charge is 0.379 e. The van der Waals surface area contributed by atoms with Crippen molar-refractivity contribution >= 4 is 15.9 Å². The molecule has 1 aromatic carbocycles. The number of halogens is 1. The number of hydrogen-bond donors (Lipinski definition) is 1. The first-order valence-electron chi connectivity index (χ1n) is 7.57. The van der Waals surface area contributed by atoms with Crippen molar-refractivity contribution in [2.24, 2.45) is 5.92 Å². The van der Waals surface area contributed by atoms with Crippen LogP contribution in [0.4, 0.5) is 0 Å². The van der Waals surface area contributed by atoms with Crippen molar-refractivity contribution in [1.82, 2.24) is 5.32 Å². The van der Waals surface area contributed by atoms with Crippen LogP contribution in [-0.2, 0) is 11.2 Å². The quantitative estimate of drug-likeness (QED) is 0.717. The molecule has 0 aromatic heterocycles. The molecular formula is C17H28BrNO. The van der Waals surface area contributed by atoms with Crippen molar-refractivity contribution in [3.63, 3.8) is 0 Å². The molecule has 1 atom stereocenters. The third kappa shape index (κ3) is 7.41. The van der Waals surface area contributed by atoms with Crippen LogP contribution in [0.3, 0.4) is 0 Å². The number of benzene rings is 1. The van der Waals surface area contributed by atoms with E-state index >= 15 is 0 Å². The van der Waals surface area contributed by atoms with Gasteiger partial charge in [-0.1, -0.05) is 48.0 Å². The highest BCUT2D eigenvalue weighted by molar-refractivity contribution is 9.10. The van der Waals surface area contributed by atoms with Gasteiger partial charge in [0.05, 0.1) is 6.10 Å². The summed E-state index contributed by atoms with van der Waals surface area (Å²) in [6, 6.07) is 9.03. The van der Waals surface area contributed by atoms with E-state index in [1.54, 1.807) is 0 Å². The lowest BCUT2D eigenvalue weighted by Crippen LogP contribution is -2.30. The fourth-order valence-electron chi connectivity index (χ4n) is 2.12. The maximum atomic E-state index is 5.71. The zero-order chi connectivity index (χ0) is 15.0. The Hall–Kier alpha value is -0.380. The van der Waals surface area contributed by atoms with Crippen LogP contribution in [0.15, 0.2) is 28.7 Å². The Bertz CT molecular complexity index is 379. The van der Waals surface area contributed by atoms with Crippen LogP contribution in [0.2, 0.25) is 0 Å². The topological polar surface area (TPSA) is 21.3 Å². The van der Waals surface area contributed by atoms with Crippen LogP contribution in [0, 0.1) is 5.92 Å². The average Bonchev–Trinajstić information content (AvgIpc) is 2.37. The van der Waals surface area contributed by atoms with E-state index in [-0.39, 0.29) is 0 Å². The van der Waals surface area contributed by atoms with E-state index in [2.05, 4.69) is 73.2 Å². The van der Waals surface area contributed by atoms with Gasteiger partial charge in [0.1, 0.15) is 0 Å². The van der Waals surface area contributed by atoms with E-state index in [9.17, 15) is 0 Å². The van der Waals surface area contributed by atoms with E-state index in [1.165, 1.54) is 10.0 Å². The van der Waals surface area contributed by atoms with Crippen molar-refractivity contribution in [1.29, 1.82) is 0 Å². The van der Waals surface area contributed by atoms with Crippen molar-refractivity contribution in [3.8, 4) is 0 Å². The molecule has 1 N–H and O–H groups in total. The molecule has 0 aliphatic heterocycles. The van der Waals surface area contributed by atoms with E-state index in [4.69, 9.17) is 4.74 Å². The van der Waals surface area contributed by atoms with Crippen molar-refractivity contribution < 1.29 is 4.74 Å². The second-order valence-electron chi connectivity index (χ2n) is 5.93. The highest BCUT2D eigenvalue weighted by Crippen LogP contribution is 2.21. The summed E-state index contributed by atoms with van der Waals surface area (Å²) in [7, 11) is 0. The summed E-state index contributed by atoms with van der Waals surface area (Å²) in [6.07, 6.45) is 2.50. The first kappa shape index (κ1) is 17.7. The second-order valence-corrected chi connectivity index (χ2v) is 6.79. The van der Waals surface area contributed by atoms with E-state index in [1.807, 2.05) is 0 Å². The van der Waals surface area contributed by atoms with Gasteiger partial charge in [0.25, 0.3) is 0 Å². The minimum absolute atomic E-state index is 0.317. The first-order valence-corrected chi connectivity index (χ1v) is 8.36. The molecular weight excluding hydrogens is 314 g/mol. The summed E-state index contributed by atoms with van der Waals surface area (Å²) in [6.45, 7) is 10.5. The van der Waals surface area contributed by atoms with Gasteiger partial charge in [-0.3, -0.25) is 0 Å². The SMILES string of the molecule is CC(C)NCC(CCOC(C)C)Cc1ccccc1Br. The number of rotatable bonds is 9. The maximum Gasteiger partial charge on any atom is 0.0518 e. The standard InChI is InChI=1S/C17H28BrNO/c1-13(2)19-12-15(9-10-20-14(3)4)11-16-7-5-6-8-17(16)18/h5-8,13-15,19H,9-12H2,1-4H3. The van der Waals surface area contributed by atoms with Gasteiger partial charge in [-0.25, -0.2) is 0 Å². The molecule has 0 saturated carbocycles. The number of hydrogen-bond acceptors (Lipinski definition) is 2. The van der Waals surface area contributed by atoms with E-state index < -0.39 is 0 Å². The molecule has 0 fully saturated rings. The second kappa shape index (κ2) is 9.54. The van der Waals surface area contributed by atoms with Crippen LogP contribution in [0.25, 0.3) is 0 Å². The summed E-state index contributed by atoms with van der Waals surface area (Å²) < 4.78 is 6.92.